The lowest BCUT2D eigenvalue weighted by Gasteiger charge is -2.37. The van der Waals surface area contributed by atoms with E-state index in [1.807, 2.05) is 25.2 Å². The highest BCUT2D eigenvalue weighted by atomic mass is 79.9. The highest BCUT2D eigenvalue weighted by molar-refractivity contribution is 9.11. The molecule has 4 rings (SSSR count). The Kier molecular flexibility index (Phi) is 7.11. The maximum Gasteiger partial charge on any atom is 0.161 e. The van der Waals surface area contributed by atoms with Crippen molar-refractivity contribution in [3.05, 3.63) is 83.1 Å². The Morgan fingerprint density at radius 1 is 1.21 bits per heavy atom. The molecule has 0 bridgehead atoms. The quantitative estimate of drug-likeness (QED) is 0.410. The number of rotatable bonds is 4. The van der Waals surface area contributed by atoms with Gasteiger partial charge >= 0.3 is 0 Å². The lowest BCUT2D eigenvalue weighted by molar-refractivity contribution is -0.116. The van der Waals surface area contributed by atoms with Crippen molar-refractivity contribution in [3.8, 4) is 11.8 Å². The summed E-state index contributed by atoms with van der Waals surface area (Å²) in [6.45, 7) is 0.241. The number of carbonyl (C=O) groups is 1. The Labute approximate surface area is 219 Å². The van der Waals surface area contributed by atoms with Gasteiger partial charge in [0.05, 0.1) is 26.5 Å². The van der Waals surface area contributed by atoms with Gasteiger partial charge < -0.3 is 15.4 Å². The smallest absolute Gasteiger partial charge is 0.161 e. The van der Waals surface area contributed by atoms with Gasteiger partial charge in [-0.3, -0.25) is 4.79 Å². The predicted octanol–water partition coefficient (Wildman–Crippen LogP) is 6.83. The molecular weight excluding hydrogens is 593 g/mol. The van der Waals surface area contributed by atoms with Crippen LogP contribution in [0.25, 0.3) is 0 Å². The largest absolute Gasteiger partial charge is 0.486 e. The van der Waals surface area contributed by atoms with Gasteiger partial charge in [0.1, 0.15) is 18.2 Å². The van der Waals surface area contributed by atoms with E-state index in [4.69, 9.17) is 33.7 Å². The van der Waals surface area contributed by atoms with E-state index in [1.54, 1.807) is 17.0 Å². The second-order valence-corrected chi connectivity index (χ2v) is 10.4. The second kappa shape index (κ2) is 9.71. The summed E-state index contributed by atoms with van der Waals surface area (Å²) in [5, 5.41) is 11.0. The third-order valence-corrected chi connectivity index (χ3v) is 7.67. The van der Waals surface area contributed by atoms with E-state index in [9.17, 15) is 10.1 Å². The molecule has 2 N–H and O–H groups in total. The number of Topliss-reactive ketones (excluding diaryl/α,β-unsaturated/α-hetero) is 1. The molecule has 0 saturated heterocycles. The molecule has 1 aliphatic heterocycles. The maximum atomic E-state index is 13.0. The van der Waals surface area contributed by atoms with Crippen molar-refractivity contribution in [1.29, 1.82) is 5.26 Å². The minimum Gasteiger partial charge on any atom is -0.486 e. The van der Waals surface area contributed by atoms with Crippen LogP contribution in [-0.4, -0.2) is 17.7 Å². The summed E-state index contributed by atoms with van der Waals surface area (Å²) in [4.78, 5) is 14.7. The number of nitrogens with zero attached hydrogens (tertiary/aromatic N) is 2. The number of hydrogen-bond acceptors (Lipinski definition) is 5. The van der Waals surface area contributed by atoms with Gasteiger partial charge in [-0.1, -0.05) is 29.3 Å². The van der Waals surface area contributed by atoms with Crippen molar-refractivity contribution in [3.63, 3.8) is 0 Å². The van der Waals surface area contributed by atoms with Crippen LogP contribution in [0.5, 0.6) is 5.75 Å². The highest BCUT2D eigenvalue weighted by Crippen LogP contribution is 2.47. The number of nitriles is 1. The first-order valence-corrected chi connectivity index (χ1v) is 12.5. The molecule has 0 saturated carbocycles. The SMILES string of the molecule is CN1C(N)=C(C#N)[C@@H](c2cc(Br)c(OCc3ccc(Cl)cc3Cl)c(Br)c2)C2=C1CCCC2=O. The van der Waals surface area contributed by atoms with Gasteiger partial charge in [0, 0.05) is 40.3 Å². The zero-order valence-corrected chi connectivity index (χ0v) is 22.3. The lowest BCUT2D eigenvalue weighted by atomic mass is 9.76. The standard InChI is InChI=1S/C24H19Br2Cl2N3O2/c1-31-19-3-2-4-20(32)22(19)21(15(10-29)24(31)30)13-7-16(25)23(17(26)8-13)33-11-12-5-6-14(27)9-18(12)28/h5-9,21H,2-4,11,30H2,1H3/t21-/m1/s1. The Bertz CT molecular complexity index is 1240. The van der Waals surface area contributed by atoms with E-state index in [-0.39, 0.29) is 12.4 Å². The molecular formula is C24H19Br2Cl2N3O2. The van der Waals surface area contributed by atoms with E-state index in [0.29, 0.717) is 48.1 Å². The van der Waals surface area contributed by atoms with Crippen LogP contribution < -0.4 is 10.5 Å². The minimum atomic E-state index is -0.527. The average Bonchev–Trinajstić information content (AvgIpc) is 2.76. The molecule has 170 valence electrons. The minimum absolute atomic E-state index is 0.0540. The fraction of sp³-hybridized carbons (Fsp3) is 0.250. The van der Waals surface area contributed by atoms with Gasteiger partial charge in [-0.2, -0.15) is 5.26 Å². The van der Waals surface area contributed by atoms with Crippen LogP contribution in [0.15, 0.2) is 61.9 Å². The molecule has 0 spiro atoms. The van der Waals surface area contributed by atoms with Crippen molar-refractivity contribution in [1.82, 2.24) is 4.90 Å². The first-order valence-electron chi connectivity index (χ1n) is 10.2. The molecule has 0 aromatic heterocycles. The molecule has 0 fully saturated rings. The van der Waals surface area contributed by atoms with E-state index < -0.39 is 5.92 Å². The molecule has 1 aliphatic carbocycles. The number of nitrogens with two attached hydrogens (primary N) is 1. The summed E-state index contributed by atoms with van der Waals surface area (Å²) in [7, 11) is 1.81. The first kappa shape index (κ1) is 24.2. The zero-order valence-electron chi connectivity index (χ0n) is 17.6. The number of ketones is 1. The average molecular weight is 612 g/mol. The Morgan fingerprint density at radius 3 is 2.55 bits per heavy atom. The Hall–Kier alpha value is -1.98. The molecule has 5 nitrogen and oxygen atoms in total. The Balaban J connectivity index is 1.72. The number of halogens is 4. The summed E-state index contributed by atoms with van der Waals surface area (Å²) in [6, 6.07) is 11.2. The summed E-state index contributed by atoms with van der Waals surface area (Å²) in [6.07, 6.45) is 1.99. The predicted molar refractivity (Wildman–Crippen MR) is 136 cm³/mol. The normalized spacial score (nSPS) is 18.4. The molecule has 9 heteroatoms. The van der Waals surface area contributed by atoms with Crippen LogP contribution in [0.1, 0.15) is 36.3 Å². The Morgan fingerprint density at radius 2 is 1.91 bits per heavy atom. The number of ether oxygens (including phenoxy) is 1. The number of carbonyl (C=O) groups excluding carboxylic acids is 1. The van der Waals surface area contributed by atoms with Gasteiger partial charge in [-0.05, 0) is 74.5 Å². The van der Waals surface area contributed by atoms with Crippen molar-refractivity contribution in [2.45, 2.75) is 31.8 Å². The van der Waals surface area contributed by atoms with Gasteiger partial charge in [0.2, 0.25) is 0 Å². The third kappa shape index (κ3) is 4.54. The molecule has 1 atom stereocenters. The fourth-order valence-corrected chi connectivity index (χ4v) is 6.18. The molecule has 0 radical (unpaired) electrons. The number of benzene rings is 2. The summed E-state index contributed by atoms with van der Waals surface area (Å²) >= 11 is 19.4. The molecule has 1 heterocycles. The highest BCUT2D eigenvalue weighted by Gasteiger charge is 2.39. The van der Waals surface area contributed by atoms with E-state index in [0.717, 1.165) is 29.7 Å². The monoisotopic (exact) mass is 609 g/mol. The molecule has 0 unspecified atom stereocenters. The second-order valence-electron chi connectivity index (χ2n) is 7.88. The summed E-state index contributed by atoms with van der Waals surface area (Å²) in [5.74, 6) is 0.484. The van der Waals surface area contributed by atoms with Crippen LogP contribution in [0.4, 0.5) is 0 Å². The molecule has 2 aromatic rings. The lowest BCUT2D eigenvalue weighted by Crippen LogP contribution is -2.36. The first-order chi connectivity index (χ1) is 15.7. The van der Waals surface area contributed by atoms with Crippen LogP contribution in [0.3, 0.4) is 0 Å². The van der Waals surface area contributed by atoms with E-state index in [2.05, 4.69) is 37.9 Å². The van der Waals surface area contributed by atoms with Crippen molar-refractivity contribution >= 4 is 60.8 Å². The van der Waals surface area contributed by atoms with E-state index >= 15 is 0 Å². The van der Waals surface area contributed by atoms with Crippen LogP contribution in [0, 0.1) is 11.3 Å². The number of allylic oxidation sites excluding steroid dienone is 3. The van der Waals surface area contributed by atoms with E-state index in [1.165, 1.54) is 0 Å². The molecule has 0 amide bonds. The topological polar surface area (TPSA) is 79.3 Å². The van der Waals surface area contributed by atoms with Gasteiger partial charge in [-0.15, -0.1) is 0 Å². The van der Waals surface area contributed by atoms with Gasteiger partial charge in [-0.25, -0.2) is 0 Å². The van der Waals surface area contributed by atoms with Crippen LogP contribution in [0.2, 0.25) is 10.0 Å². The van der Waals surface area contributed by atoms with Gasteiger partial charge in [0.25, 0.3) is 0 Å². The van der Waals surface area contributed by atoms with Crippen molar-refractivity contribution in [2.75, 3.05) is 7.05 Å². The van der Waals surface area contributed by atoms with Crippen LogP contribution in [-0.2, 0) is 11.4 Å². The molecule has 2 aromatic carbocycles. The van der Waals surface area contributed by atoms with Crippen molar-refractivity contribution < 1.29 is 9.53 Å². The summed E-state index contributed by atoms with van der Waals surface area (Å²) < 4.78 is 7.38. The third-order valence-electron chi connectivity index (χ3n) is 5.91. The molecule has 33 heavy (non-hydrogen) atoms. The van der Waals surface area contributed by atoms with Crippen LogP contribution >= 0.6 is 55.1 Å². The molecule has 2 aliphatic rings. The summed E-state index contributed by atoms with van der Waals surface area (Å²) in [5.41, 5.74) is 9.80. The van der Waals surface area contributed by atoms with Crippen molar-refractivity contribution in [2.24, 2.45) is 5.73 Å². The zero-order chi connectivity index (χ0) is 23.9. The fourth-order valence-electron chi connectivity index (χ4n) is 4.27. The number of hydrogen-bond donors (Lipinski definition) is 1. The maximum absolute atomic E-state index is 13.0. The van der Waals surface area contributed by atoms with Gasteiger partial charge in [0.15, 0.2) is 5.78 Å².